The monoisotopic (exact) mass is 780 g/mol. The van der Waals surface area contributed by atoms with Gasteiger partial charge in [0.25, 0.3) is 0 Å². The third kappa shape index (κ3) is 6.12. The molecule has 0 saturated heterocycles. The molecule has 1 aliphatic heterocycles. The molecule has 286 valence electrons. The van der Waals surface area contributed by atoms with Crippen LogP contribution in [0.1, 0.15) is 54.2 Å². The molecule has 5 heteroatoms. The molecule has 0 spiro atoms. The van der Waals surface area contributed by atoms with Gasteiger partial charge in [-0.3, -0.25) is 0 Å². The van der Waals surface area contributed by atoms with Gasteiger partial charge in [0.15, 0.2) is 19.2 Å². The minimum Gasteiger partial charge on any atom is -0.436 e. The molecule has 3 heterocycles. The van der Waals surface area contributed by atoms with Gasteiger partial charge in [-0.15, -0.1) is 0 Å². The summed E-state index contributed by atoms with van der Waals surface area (Å²) in [6.07, 6.45) is 0. The van der Waals surface area contributed by atoms with Crippen LogP contribution in [0.15, 0.2) is 185 Å². The van der Waals surface area contributed by atoms with Gasteiger partial charge in [-0.2, -0.15) is 0 Å². The van der Waals surface area contributed by atoms with Crippen LogP contribution in [0, 0.1) is 13.8 Å². The van der Waals surface area contributed by atoms with E-state index in [1.807, 2.05) is 12.1 Å². The molecule has 0 N–H and O–H groups in total. The number of benzene rings is 7. The van der Waals surface area contributed by atoms with Crippen molar-refractivity contribution in [3.8, 4) is 22.9 Å². The van der Waals surface area contributed by atoms with Gasteiger partial charge in [0.2, 0.25) is 11.8 Å². The Bertz CT molecular complexity index is 2880. The van der Waals surface area contributed by atoms with Crippen molar-refractivity contribution < 1.29 is 8.83 Å². The summed E-state index contributed by atoms with van der Waals surface area (Å²) in [5, 5.41) is 3.97. The molecule has 4 nitrogen and oxygen atoms in total. The van der Waals surface area contributed by atoms with Crippen molar-refractivity contribution in [1.82, 2.24) is 9.97 Å². The standard InChI is InChI=1S/C54H44N2O2Si/c1-35-21-31-46-44(33-35)55-52(57-46)41-27-23-39(24-28-41)50-48(37-15-9-6-10-16-37)49(38-17-11-7-12-18-38)51(59(50,54(3,4)5)43-19-13-8-14-20-43)40-25-29-42(30-26-40)53-56-45-34-36(2)22-32-47(45)58-53/h6-34H,1-5H3. The molecular formula is C54H44N2O2Si. The van der Waals surface area contributed by atoms with Crippen molar-refractivity contribution >= 4 is 57.0 Å². The molecule has 9 aromatic rings. The van der Waals surface area contributed by atoms with Crippen molar-refractivity contribution in [1.29, 1.82) is 0 Å². The zero-order chi connectivity index (χ0) is 40.3. The molecule has 7 aromatic carbocycles. The summed E-state index contributed by atoms with van der Waals surface area (Å²) in [4.78, 5) is 9.82. The average molecular weight is 781 g/mol. The molecule has 0 fully saturated rings. The number of hydrogen-bond donors (Lipinski definition) is 0. The summed E-state index contributed by atoms with van der Waals surface area (Å²) >= 11 is 0. The number of aromatic nitrogens is 2. The first-order valence-electron chi connectivity index (χ1n) is 20.3. The van der Waals surface area contributed by atoms with Gasteiger partial charge in [0.1, 0.15) is 11.0 Å². The lowest BCUT2D eigenvalue weighted by Gasteiger charge is -2.45. The normalized spacial score (nSPS) is 14.2. The first-order valence-corrected chi connectivity index (χ1v) is 22.3. The molecule has 10 rings (SSSR count). The first-order chi connectivity index (χ1) is 28.7. The highest BCUT2D eigenvalue weighted by Crippen LogP contribution is 2.62. The highest BCUT2D eigenvalue weighted by Gasteiger charge is 2.58. The van der Waals surface area contributed by atoms with Gasteiger partial charge in [-0.1, -0.05) is 148 Å². The highest BCUT2D eigenvalue weighted by atomic mass is 28.3. The molecule has 0 radical (unpaired) electrons. The predicted octanol–water partition coefficient (Wildman–Crippen LogP) is 13.7. The topological polar surface area (TPSA) is 52.1 Å². The minimum absolute atomic E-state index is 0.191. The molecule has 2 aromatic heterocycles. The molecule has 1 aliphatic rings. The fourth-order valence-electron chi connectivity index (χ4n) is 9.30. The summed E-state index contributed by atoms with van der Waals surface area (Å²) < 4.78 is 12.6. The molecule has 0 saturated carbocycles. The Hall–Kier alpha value is -6.82. The molecule has 0 atom stereocenters. The number of aryl methyl sites for hydroxylation is 2. The van der Waals surface area contributed by atoms with E-state index < -0.39 is 8.07 Å². The van der Waals surface area contributed by atoms with Gasteiger partial charge < -0.3 is 8.83 Å². The summed E-state index contributed by atoms with van der Waals surface area (Å²) in [7, 11) is -3.02. The second kappa shape index (κ2) is 14.2. The Morgan fingerprint density at radius 2 is 0.780 bits per heavy atom. The predicted molar refractivity (Wildman–Crippen MR) is 246 cm³/mol. The lowest BCUT2D eigenvalue weighted by Crippen LogP contribution is -2.56. The van der Waals surface area contributed by atoms with Crippen LogP contribution < -0.4 is 5.19 Å². The molecular weight excluding hydrogens is 737 g/mol. The Balaban J connectivity index is 1.25. The van der Waals surface area contributed by atoms with Crippen LogP contribution in [-0.4, -0.2) is 18.0 Å². The number of rotatable bonds is 7. The summed E-state index contributed by atoms with van der Waals surface area (Å²) in [5.74, 6) is 1.25. The molecule has 59 heavy (non-hydrogen) atoms. The van der Waals surface area contributed by atoms with E-state index in [1.165, 1.54) is 49.0 Å². The maximum atomic E-state index is 6.31. The van der Waals surface area contributed by atoms with E-state index in [-0.39, 0.29) is 5.04 Å². The van der Waals surface area contributed by atoms with Crippen molar-refractivity contribution in [3.05, 3.63) is 209 Å². The third-order valence-electron chi connectivity index (χ3n) is 11.9. The van der Waals surface area contributed by atoms with Gasteiger partial charge in [0.05, 0.1) is 0 Å². The molecule has 0 aliphatic carbocycles. The van der Waals surface area contributed by atoms with E-state index in [9.17, 15) is 0 Å². The second-order valence-corrected chi connectivity index (χ2v) is 21.3. The SMILES string of the molecule is Cc1ccc2oc(-c3ccc(C4=C(c5ccccc5)C(c5ccccc5)=C(c5ccc(-c6nc7cc(C)ccc7o6)cc5)[Si]4(c4ccccc4)C(C)(C)C)cc3)nc2c1. The molecule has 0 bridgehead atoms. The van der Waals surface area contributed by atoms with Crippen LogP contribution in [-0.2, 0) is 0 Å². The summed E-state index contributed by atoms with van der Waals surface area (Å²) in [5.41, 5.74) is 14.9. The zero-order valence-electron chi connectivity index (χ0n) is 34.0. The van der Waals surface area contributed by atoms with Gasteiger partial charge in [-0.05, 0) is 128 Å². The lowest BCUT2D eigenvalue weighted by molar-refractivity contribution is 0.619. The summed E-state index contributed by atoms with van der Waals surface area (Å²) in [6.45, 7) is 11.5. The number of hydrogen-bond acceptors (Lipinski definition) is 4. The Morgan fingerprint density at radius 1 is 0.407 bits per heavy atom. The Morgan fingerprint density at radius 3 is 1.17 bits per heavy atom. The zero-order valence-corrected chi connectivity index (χ0v) is 35.0. The quantitative estimate of drug-likeness (QED) is 0.151. The van der Waals surface area contributed by atoms with Gasteiger partial charge in [0, 0.05) is 11.1 Å². The van der Waals surface area contributed by atoms with Gasteiger partial charge >= 0.3 is 0 Å². The minimum atomic E-state index is -3.02. The lowest BCUT2D eigenvalue weighted by atomic mass is 9.89. The molecule has 0 amide bonds. The van der Waals surface area contributed by atoms with Crippen LogP contribution in [0.2, 0.25) is 5.04 Å². The number of nitrogens with zero attached hydrogens (tertiary/aromatic N) is 2. The van der Waals surface area contributed by atoms with Crippen molar-refractivity contribution in [2.24, 2.45) is 0 Å². The van der Waals surface area contributed by atoms with E-state index in [1.54, 1.807) is 0 Å². The van der Waals surface area contributed by atoms with E-state index in [0.29, 0.717) is 11.8 Å². The smallest absolute Gasteiger partial charge is 0.227 e. The van der Waals surface area contributed by atoms with E-state index in [4.69, 9.17) is 18.8 Å². The average Bonchev–Trinajstić information content (AvgIpc) is 3.97. The maximum absolute atomic E-state index is 6.31. The third-order valence-corrected chi connectivity index (χ3v) is 17.9. The van der Waals surface area contributed by atoms with Gasteiger partial charge in [-0.25, -0.2) is 9.97 Å². The maximum Gasteiger partial charge on any atom is 0.227 e. The summed E-state index contributed by atoms with van der Waals surface area (Å²) in [6, 6.07) is 63.5. The Kier molecular flexibility index (Phi) is 8.80. The number of fused-ring (bicyclic) bond motifs is 2. The number of oxazole rings is 2. The van der Waals surface area contributed by atoms with Crippen LogP contribution in [0.5, 0.6) is 0 Å². The van der Waals surface area contributed by atoms with Crippen molar-refractivity contribution in [2.45, 2.75) is 39.7 Å². The van der Waals surface area contributed by atoms with E-state index >= 15 is 0 Å². The van der Waals surface area contributed by atoms with Crippen LogP contribution in [0.25, 0.3) is 66.6 Å². The van der Waals surface area contributed by atoms with Crippen molar-refractivity contribution in [2.75, 3.05) is 0 Å². The van der Waals surface area contributed by atoms with Crippen LogP contribution in [0.3, 0.4) is 0 Å². The number of allylic oxidation sites excluding steroid dienone is 2. The first kappa shape index (κ1) is 36.5. The van der Waals surface area contributed by atoms with Crippen LogP contribution in [0.4, 0.5) is 0 Å². The van der Waals surface area contributed by atoms with Crippen molar-refractivity contribution in [3.63, 3.8) is 0 Å². The van der Waals surface area contributed by atoms with Crippen LogP contribution >= 0.6 is 0 Å². The molecule has 0 unspecified atom stereocenters. The largest absolute Gasteiger partial charge is 0.436 e. The van der Waals surface area contributed by atoms with E-state index in [0.717, 1.165) is 44.5 Å². The highest BCUT2D eigenvalue weighted by molar-refractivity contribution is 7.23. The second-order valence-electron chi connectivity index (χ2n) is 16.7. The van der Waals surface area contributed by atoms with E-state index in [2.05, 4.69) is 198 Å². The Labute approximate surface area is 346 Å². The fourth-order valence-corrected chi connectivity index (χ4v) is 15.7. The fraction of sp³-hybridized carbons (Fsp3) is 0.111.